The standard InChI is InChI=1S/C24H24F2N4O2/c1-4-28-24(32)19-13-30(14(2)17-7-5-16(12-27)6-8-17)15(3)21(22(19)31)18-9-10-29-20(11-18)23(25)26/h5-11,13-14,23-24,28,32H,4H2,1-3H3. The second-order valence-electron chi connectivity index (χ2n) is 7.42. The van der Waals surface area contributed by atoms with E-state index in [0.29, 0.717) is 23.4 Å². The van der Waals surface area contributed by atoms with E-state index in [1.165, 1.54) is 18.3 Å². The highest BCUT2D eigenvalue weighted by atomic mass is 19.3. The van der Waals surface area contributed by atoms with Gasteiger partial charge in [-0.15, -0.1) is 0 Å². The van der Waals surface area contributed by atoms with Gasteiger partial charge in [0.15, 0.2) is 5.43 Å². The van der Waals surface area contributed by atoms with Crippen molar-refractivity contribution in [1.29, 1.82) is 5.26 Å². The summed E-state index contributed by atoms with van der Waals surface area (Å²) in [6.45, 7) is 5.89. The van der Waals surface area contributed by atoms with Crippen LogP contribution >= 0.6 is 0 Å². The minimum absolute atomic E-state index is 0.114. The van der Waals surface area contributed by atoms with Crippen LogP contribution in [0.3, 0.4) is 0 Å². The first kappa shape index (κ1) is 23.3. The van der Waals surface area contributed by atoms with Gasteiger partial charge < -0.3 is 9.67 Å². The molecule has 8 heteroatoms. The third-order valence-corrected chi connectivity index (χ3v) is 5.44. The van der Waals surface area contributed by atoms with Crippen molar-refractivity contribution in [2.24, 2.45) is 0 Å². The summed E-state index contributed by atoms with van der Waals surface area (Å²) in [7, 11) is 0. The van der Waals surface area contributed by atoms with Crippen LogP contribution in [-0.4, -0.2) is 21.2 Å². The van der Waals surface area contributed by atoms with Crippen LogP contribution in [-0.2, 0) is 0 Å². The fraction of sp³-hybridized carbons (Fsp3) is 0.292. The summed E-state index contributed by atoms with van der Waals surface area (Å²) in [6, 6.07) is 11.6. The zero-order valence-electron chi connectivity index (χ0n) is 18.0. The molecule has 2 aromatic heterocycles. The van der Waals surface area contributed by atoms with Crippen molar-refractivity contribution in [3.05, 3.63) is 87.1 Å². The van der Waals surface area contributed by atoms with Gasteiger partial charge in [0.25, 0.3) is 6.43 Å². The molecule has 3 aromatic rings. The van der Waals surface area contributed by atoms with Gasteiger partial charge in [0.2, 0.25) is 0 Å². The van der Waals surface area contributed by atoms with Crippen LogP contribution in [0.2, 0.25) is 0 Å². The predicted molar refractivity (Wildman–Crippen MR) is 117 cm³/mol. The summed E-state index contributed by atoms with van der Waals surface area (Å²) in [5.41, 5.74) is 1.75. The smallest absolute Gasteiger partial charge is 0.280 e. The summed E-state index contributed by atoms with van der Waals surface area (Å²) in [6.07, 6.45) is -1.15. The molecule has 2 N–H and O–H groups in total. The molecule has 2 heterocycles. The molecule has 0 aliphatic heterocycles. The molecule has 6 nitrogen and oxygen atoms in total. The number of aliphatic hydroxyl groups excluding tert-OH is 1. The Morgan fingerprint density at radius 3 is 2.53 bits per heavy atom. The molecule has 2 unspecified atom stereocenters. The van der Waals surface area contributed by atoms with E-state index in [1.807, 2.05) is 23.6 Å². The van der Waals surface area contributed by atoms with Crippen LogP contribution in [0.25, 0.3) is 11.1 Å². The monoisotopic (exact) mass is 438 g/mol. The molecule has 1 aromatic carbocycles. The zero-order chi connectivity index (χ0) is 23.4. The summed E-state index contributed by atoms with van der Waals surface area (Å²) in [4.78, 5) is 17.0. The Labute approximate surface area is 184 Å². The lowest BCUT2D eigenvalue weighted by Crippen LogP contribution is -2.29. The maximum Gasteiger partial charge on any atom is 0.280 e. The molecule has 0 aliphatic rings. The number of nitrogens with zero attached hydrogens (tertiary/aromatic N) is 3. The van der Waals surface area contributed by atoms with Gasteiger partial charge >= 0.3 is 0 Å². The number of hydrogen-bond donors (Lipinski definition) is 2. The van der Waals surface area contributed by atoms with E-state index >= 15 is 0 Å². The van der Waals surface area contributed by atoms with E-state index in [9.17, 15) is 18.7 Å². The van der Waals surface area contributed by atoms with Gasteiger partial charge in [0, 0.05) is 23.7 Å². The molecule has 0 saturated heterocycles. The van der Waals surface area contributed by atoms with Gasteiger partial charge in [-0.05, 0) is 55.8 Å². The molecule has 2 atom stereocenters. The van der Waals surface area contributed by atoms with Crippen molar-refractivity contribution in [1.82, 2.24) is 14.9 Å². The number of alkyl halides is 2. The van der Waals surface area contributed by atoms with Crippen molar-refractivity contribution in [3.63, 3.8) is 0 Å². The number of benzene rings is 1. The minimum atomic E-state index is -2.77. The average molecular weight is 438 g/mol. The van der Waals surface area contributed by atoms with Crippen molar-refractivity contribution in [2.45, 2.75) is 39.5 Å². The number of nitriles is 1. The van der Waals surface area contributed by atoms with Crippen LogP contribution in [0, 0.1) is 18.3 Å². The molecule has 166 valence electrons. The topological polar surface area (TPSA) is 90.9 Å². The van der Waals surface area contributed by atoms with E-state index < -0.39 is 23.8 Å². The van der Waals surface area contributed by atoms with E-state index in [2.05, 4.69) is 16.4 Å². The predicted octanol–water partition coefficient (Wildman–Crippen LogP) is 4.24. The molecule has 3 rings (SSSR count). The molecule has 0 saturated carbocycles. The highest BCUT2D eigenvalue weighted by Crippen LogP contribution is 2.29. The fourth-order valence-corrected chi connectivity index (χ4v) is 3.70. The molecule has 0 amide bonds. The summed E-state index contributed by atoms with van der Waals surface area (Å²) < 4.78 is 28.3. The average Bonchev–Trinajstić information content (AvgIpc) is 2.79. The first-order valence-corrected chi connectivity index (χ1v) is 10.2. The van der Waals surface area contributed by atoms with Gasteiger partial charge in [-0.2, -0.15) is 5.26 Å². The largest absolute Gasteiger partial charge is 0.374 e. The van der Waals surface area contributed by atoms with Gasteiger partial charge in [0.1, 0.15) is 11.9 Å². The highest BCUT2D eigenvalue weighted by Gasteiger charge is 2.22. The Balaban J connectivity index is 2.24. The second kappa shape index (κ2) is 9.81. The third-order valence-electron chi connectivity index (χ3n) is 5.44. The molecule has 32 heavy (non-hydrogen) atoms. The molecule has 0 bridgehead atoms. The number of rotatable bonds is 7. The van der Waals surface area contributed by atoms with Crippen LogP contribution in [0.5, 0.6) is 0 Å². The maximum absolute atomic E-state index is 13.3. The van der Waals surface area contributed by atoms with E-state index in [0.717, 1.165) is 5.56 Å². The van der Waals surface area contributed by atoms with Gasteiger partial charge in [0.05, 0.1) is 23.2 Å². The van der Waals surface area contributed by atoms with E-state index in [1.54, 1.807) is 32.2 Å². The lowest BCUT2D eigenvalue weighted by molar-refractivity contribution is 0.139. The van der Waals surface area contributed by atoms with Crippen LogP contribution in [0.1, 0.15) is 60.6 Å². The minimum Gasteiger partial charge on any atom is -0.374 e. The van der Waals surface area contributed by atoms with Crippen molar-refractivity contribution in [2.75, 3.05) is 6.54 Å². The van der Waals surface area contributed by atoms with Crippen molar-refractivity contribution >= 4 is 0 Å². The number of halogens is 2. The third kappa shape index (κ3) is 4.59. The Morgan fingerprint density at radius 2 is 1.94 bits per heavy atom. The summed E-state index contributed by atoms with van der Waals surface area (Å²) in [5.74, 6) is 0. The summed E-state index contributed by atoms with van der Waals surface area (Å²) >= 11 is 0. The molecular weight excluding hydrogens is 414 g/mol. The van der Waals surface area contributed by atoms with Gasteiger partial charge in [-0.3, -0.25) is 15.1 Å². The number of aromatic nitrogens is 2. The lowest BCUT2D eigenvalue weighted by atomic mass is 9.98. The molecule has 0 aliphatic carbocycles. The Kier molecular flexibility index (Phi) is 7.13. The fourth-order valence-electron chi connectivity index (χ4n) is 3.70. The maximum atomic E-state index is 13.3. The van der Waals surface area contributed by atoms with Gasteiger partial charge in [-0.1, -0.05) is 19.1 Å². The number of hydrogen-bond acceptors (Lipinski definition) is 5. The van der Waals surface area contributed by atoms with E-state index in [-0.39, 0.29) is 17.2 Å². The normalized spacial score (nSPS) is 13.1. The Morgan fingerprint density at radius 1 is 1.25 bits per heavy atom. The number of aliphatic hydroxyl groups is 1. The number of nitrogens with one attached hydrogen (secondary N) is 1. The lowest BCUT2D eigenvalue weighted by Gasteiger charge is -2.24. The zero-order valence-corrected chi connectivity index (χ0v) is 18.0. The van der Waals surface area contributed by atoms with Crippen LogP contribution in [0.4, 0.5) is 8.78 Å². The molecular formula is C24H24F2N4O2. The first-order chi connectivity index (χ1) is 15.3. The Hall–Kier alpha value is -3.41. The highest BCUT2D eigenvalue weighted by molar-refractivity contribution is 5.67. The molecule has 0 spiro atoms. The first-order valence-electron chi connectivity index (χ1n) is 10.2. The Bertz CT molecular complexity index is 1200. The number of pyridine rings is 2. The SMILES string of the molecule is CCNC(O)c1cn(C(C)c2ccc(C#N)cc2)c(C)c(-c2ccnc(C(F)F)c2)c1=O. The quantitative estimate of drug-likeness (QED) is 0.539. The summed E-state index contributed by atoms with van der Waals surface area (Å²) in [5, 5.41) is 22.4. The van der Waals surface area contributed by atoms with Crippen molar-refractivity contribution < 1.29 is 13.9 Å². The van der Waals surface area contributed by atoms with Gasteiger partial charge in [-0.25, -0.2) is 8.78 Å². The van der Waals surface area contributed by atoms with Crippen LogP contribution in [0.15, 0.2) is 53.6 Å². The van der Waals surface area contributed by atoms with E-state index in [4.69, 9.17) is 5.26 Å². The second-order valence-corrected chi connectivity index (χ2v) is 7.42. The van der Waals surface area contributed by atoms with Crippen molar-refractivity contribution in [3.8, 4) is 17.2 Å². The molecule has 0 radical (unpaired) electrons. The van der Waals surface area contributed by atoms with Crippen LogP contribution < -0.4 is 10.7 Å². The molecule has 0 fully saturated rings.